The van der Waals surface area contributed by atoms with Gasteiger partial charge >= 0.3 is 6.18 Å². The third kappa shape index (κ3) is 4.74. The highest BCUT2D eigenvalue weighted by molar-refractivity contribution is 7.70. The fourth-order valence-corrected chi connectivity index (χ4v) is 3.76. The highest BCUT2D eigenvalue weighted by atomic mass is 31.2. The molecule has 4 rings (SSSR count). The van der Waals surface area contributed by atoms with Crippen LogP contribution in [0.5, 0.6) is 11.5 Å². The molecule has 0 unspecified atom stereocenters. The normalized spacial score (nSPS) is 13.2. The van der Waals surface area contributed by atoms with E-state index in [1.165, 1.54) is 6.07 Å². The summed E-state index contributed by atoms with van der Waals surface area (Å²) in [7, 11) is -2.41. The Hall–Kier alpha value is -3.26. The molecule has 0 bridgehead atoms. The molecule has 0 amide bonds. The highest BCUT2D eigenvalue weighted by Crippen LogP contribution is 2.38. The lowest BCUT2D eigenvalue weighted by Gasteiger charge is -2.15. The van der Waals surface area contributed by atoms with Gasteiger partial charge in [0.25, 0.3) is 0 Å². The number of rotatable bonds is 5. The van der Waals surface area contributed by atoms with Crippen molar-refractivity contribution in [3.63, 3.8) is 0 Å². The van der Waals surface area contributed by atoms with Crippen molar-refractivity contribution >= 4 is 35.6 Å². The van der Waals surface area contributed by atoms with E-state index >= 15 is 0 Å². The van der Waals surface area contributed by atoms with Crippen molar-refractivity contribution in [3.05, 3.63) is 54.2 Å². The lowest BCUT2D eigenvalue weighted by molar-refractivity contribution is -0.137. The molecule has 0 saturated heterocycles. The van der Waals surface area contributed by atoms with E-state index in [1.807, 2.05) is 0 Å². The summed E-state index contributed by atoms with van der Waals surface area (Å²) in [6, 6.07) is 11.4. The van der Waals surface area contributed by atoms with E-state index in [4.69, 9.17) is 9.47 Å². The molecule has 0 spiro atoms. The van der Waals surface area contributed by atoms with Crippen molar-refractivity contribution in [1.29, 1.82) is 0 Å². The van der Waals surface area contributed by atoms with Gasteiger partial charge in [-0.2, -0.15) is 18.2 Å². The van der Waals surface area contributed by atoms with Crippen LogP contribution in [0.15, 0.2) is 48.7 Å². The number of fused-ring (bicyclic) bond motifs is 1. The summed E-state index contributed by atoms with van der Waals surface area (Å²) in [5.74, 6) is 0.501. The highest BCUT2D eigenvalue weighted by Gasteiger charge is 2.35. The third-order valence-corrected chi connectivity index (χ3v) is 6.02. The van der Waals surface area contributed by atoms with Crippen molar-refractivity contribution in [2.75, 3.05) is 30.8 Å². The largest absolute Gasteiger partial charge is 0.454 e. The summed E-state index contributed by atoms with van der Waals surface area (Å²) >= 11 is 0. The molecule has 0 saturated carbocycles. The Bertz CT molecular complexity index is 1160. The maximum Gasteiger partial charge on any atom is 0.421 e. The van der Waals surface area contributed by atoms with E-state index in [-0.39, 0.29) is 12.7 Å². The summed E-state index contributed by atoms with van der Waals surface area (Å²) in [4.78, 5) is 7.80. The zero-order valence-electron chi connectivity index (χ0n) is 16.5. The molecule has 2 heterocycles. The molecule has 0 atom stereocenters. The molecule has 0 radical (unpaired) electrons. The first-order valence-corrected chi connectivity index (χ1v) is 11.7. The Morgan fingerprint density at radius 3 is 2.32 bits per heavy atom. The van der Waals surface area contributed by atoms with Gasteiger partial charge in [-0.1, -0.05) is 0 Å². The summed E-state index contributed by atoms with van der Waals surface area (Å²) in [5.41, 5.74) is -0.111. The fourth-order valence-electron chi connectivity index (χ4n) is 2.89. The van der Waals surface area contributed by atoms with E-state index in [0.29, 0.717) is 34.4 Å². The van der Waals surface area contributed by atoms with Crippen LogP contribution in [-0.4, -0.2) is 30.1 Å². The SMILES string of the molecule is CP(C)(=O)c1ccc(Nc2ncc(C(F)(F)F)c(Nc3ccc4c(c3)OCO4)n2)cc1. The van der Waals surface area contributed by atoms with Gasteiger partial charge < -0.3 is 24.7 Å². The van der Waals surface area contributed by atoms with E-state index in [9.17, 15) is 17.7 Å². The van der Waals surface area contributed by atoms with Crippen LogP contribution in [0.1, 0.15) is 5.56 Å². The number of aromatic nitrogens is 2. The number of hydrogen-bond donors (Lipinski definition) is 2. The molecule has 2 N–H and O–H groups in total. The van der Waals surface area contributed by atoms with Crippen LogP contribution >= 0.6 is 7.14 Å². The van der Waals surface area contributed by atoms with E-state index < -0.39 is 24.7 Å². The molecular formula is C20H18F3N4O3P. The molecule has 31 heavy (non-hydrogen) atoms. The summed E-state index contributed by atoms with van der Waals surface area (Å²) in [6.45, 7) is 3.36. The second-order valence-corrected chi connectivity index (χ2v) is 10.4. The van der Waals surface area contributed by atoms with E-state index in [1.54, 1.807) is 49.7 Å². The van der Waals surface area contributed by atoms with E-state index in [0.717, 1.165) is 0 Å². The second-order valence-electron chi connectivity index (χ2n) is 7.17. The first kappa shape index (κ1) is 21.0. The smallest absolute Gasteiger partial charge is 0.421 e. The molecule has 2 aromatic carbocycles. The Morgan fingerprint density at radius 1 is 0.968 bits per heavy atom. The van der Waals surface area contributed by atoms with Crippen LogP contribution in [0.2, 0.25) is 0 Å². The average molecular weight is 450 g/mol. The van der Waals surface area contributed by atoms with Gasteiger partial charge in [-0.15, -0.1) is 0 Å². The van der Waals surface area contributed by atoms with Gasteiger partial charge in [0.2, 0.25) is 12.7 Å². The zero-order valence-corrected chi connectivity index (χ0v) is 17.4. The Labute approximate surface area is 176 Å². The maximum absolute atomic E-state index is 13.5. The fraction of sp³-hybridized carbons (Fsp3) is 0.200. The molecule has 3 aromatic rings. The average Bonchev–Trinajstić information content (AvgIpc) is 3.15. The van der Waals surface area contributed by atoms with Crippen molar-refractivity contribution in [2.24, 2.45) is 0 Å². The van der Waals surface area contributed by atoms with Gasteiger partial charge in [0, 0.05) is 28.9 Å². The topological polar surface area (TPSA) is 85.4 Å². The number of halogens is 3. The van der Waals surface area contributed by atoms with Crippen molar-refractivity contribution < 1.29 is 27.2 Å². The molecule has 1 aromatic heterocycles. The van der Waals surface area contributed by atoms with Crippen LogP contribution in [0.25, 0.3) is 0 Å². The molecular weight excluding hydrogens is 432 g/mol. The monoisotopic (exact) mass is 450 g/mol. The number of benzene rings is 2. The Balaban J connectivity index is 1.62. The molecule has 0 fully saturated rings. The number of nitrogens with zero attached hydrogens (tertiary/aromatic N) is 2. The maximum atomic E-state index is 13.5. The van der Waals surface area contributed by atoms with Gasteiger partial charge in [0.05, 0.1) is 0 Å². The minimum atomic E-state index is -4.65. The van der Waals surface area contributed by atoms with Gasteiger partial charge in [0.1, 0.15) is 18.5 Å². The standard InChI is InChI=1S/C20H18F3N4O3P/c1-31(2,28)14-6-3-12(4-7-14)26-19-24-10-15(20(21,22)23)18(27-19)25-13-5-8-16-17(9-13)30-11-29-16/h3-10H,11H2,1-2H3,(H2,24,25,26,27). The molecule has 11 heteroatoms. The quantitative estimate of drug-likeness (QED) is 0.532. The number of anilines is 4. The number of nitrogens with one attached hydrogen (secondary N) is 2. The third-order valence-electron chi connectivity index (χ3n) is 4.47. The Kier molecular flexibility index (Phi) is 5.26. The van der Waals surface area contributed by atoms with Crippen LogP contribution in [0.3, 0.4) is 0 Å². The summed E-state index contributed by atoms with van der Waals surface area (Å²) < 4.78 is 63.0. The predicted octanol–water partition coefficient (Wildman–Crippen LogP) is 4.96. The molecule has 162 valence electrons. The molecule has 1 aliphatic heterocycles. The van der Waals surface area contributed by atoms with Gasteiger partial charge in [-0.3, -0.25) is 0 Å². The zero-order chi connectivity index (χ0) is 22.2. The van der Waals surface area contributed by atoms with Gasteiger partial charge in [-0.25, -0.2) is 4.98 Å². The number of ether oxygens (including phenoxy) is 2. The van der Waals surface area contributed by atoms with Gasteiger partial charge in [0.15, 0.2) is 11.5 Å². The number of alkyl halides is 3. The second kappa shape index (κ2) is 7.77. The summed E-state index contributed by atoms with van der Waals surface area (Å²) in [5, 5.41) is 6.24. The lowest BCUT2D eigenvalue weighted by Crippen LogP contribution is -2.12. The Morgan fingerprint density at radius 2 is 1.65 bits per heavy atom. The minimum Gasteiger partial charge on any atom is -0.454 e. The summed E-state index contributed by atoms with van der Waals surface area (Å²) in [6.07, 6.45) is -3.94. The van der Waals surface area contributed by atoms with Crippen molar-refractivity contribution in [1.82, 2.24) is 9.97 Å². The van der Waals surface area contributed by atoms with Gasteiger partial charge in [-0.05, 0) is 49.7 Å². The lowest BCUT2D eigenvalue weighted by atomic mass is 10.2. The van der Waals surface area contributed by atoms with Crippen LogP contribution in [-0.2, 0) is 10.7 Å². The molecule has 1 aliphatic rings. The first-order valence-electron chi connectivity index (χ1n) is 9.13. The van der Waals surface area contributed by atoms with Crippen LogP contribution in [0.4, 0.5) is 36.3 Å². The van der Waals surface area contributed by atoms with Crippen molar-refractivity contribution in [2.45, 2.75) is 6.18 Å². The minimum absolute atomic E-state index is 0.0276. The van der Waals surface area contributed by atoms with Crippen LogP contribution < -0.4 is 25.4 Å². The van der Waals surface area contributed by atoms with Crippen molar-refractivity contribution in [3.8, 4) is 11.5 Å². The van der Waals surface area contributed by atoms with Crippen LogP contribution in [0, 0.1) is 0 Å². The molecule has 7 nitrogen and oxygen atoms in total. The first-order chi connectivity index (χ1) is 14.6. The number of hydrogen-bond acceptors (Lipinski definition) is 7. The van der Waals surface area contributed by atoms with E-state index in [2.05, 4.69) is 20.6 Å². The molecule has 0 aliphatic carbocycles. The predicted molar refractivity (Wildman–Crippen MR) is 112 cm³/mol.